The predicted octanol–water partition coefficient (Wildman–Crippen LogP) is 3.99. The van der Waals surface area contributed by atoms with E-state index in [1.807, 2.05) is 18.2 Å². The number of methoxy groups -OCH3 is 1. The van der Waals surface area contributed by atoms with E-state index in [2.05, 4.69) is 17.5 Å². The predicted molar refractivity (Wildman–Crippen MR) is 97.3 cm³/mol. The molecule has 0 saturated heterocycles. The van der Waals surface area contributed by atoms with E-state index in [1.165, 1.54) is 0 Å². The van der Waals surface area contributed by atoms with E-state index in [0.29, 0.717) is 11.3 Å². The molecule has 25 heavy (non-hydrogen) atoms. The molecule has 1 N–H and O–H groups in total. The summed E-state index contributed by atoms with van der Waals surface area (Å²) in [4.78, 5) is 12.3. The summed E-state index contributed by atoms with van der Waals surface area (Å²) in [5.41, 5.74) is 2.27. The van der Waals surface area contributed by atoms with Gasteiger partial charge in [-0.2, -0.15) is 5.26 Å². The highest BCUT2D eigenvalue weighted by Gasteiger charge is 2.20. The number of allylic oxidation sites excluding steroid dienone is 3. The third-order valence-electron chi connectivity index (χ3n) is 4.02. The van der Waals surface area contributed by atoms with Crippen molar-refractivity contribution in [1.29, 1.82) is 5.26 Å². The van der Waals surface area contributed by atoms with Crippen LogP contribution in [0.1, 0.15) is 32.6 Å². The summed E-state index contributed by atoms with van der Waals surface area (Å²) >= 11 is 0. The molecule has 0 aliphatic heterocycles. The molecule has 0 amide bonds. The van der Waals surface area contributed by atoms with Crippen LogP contribution in [0.2, 0.25) is 0 Å². The standard InChI is InChI=1S/C20H24N2O3/c1-3-25-20(23)19(22-17-10-7-11-18(13-17)24-2)12-16(14-21)15-8-5-4-6-9-15/h7-8,10-13,19,22H,3-6,9H2,1-2H3. The van der Waals surface area contributed by atoms with Crippen molar-refractivity contribution in [3.63, 3.8) is 0 Å². The van der Waals surface area contributed by atoms with Crippen LogP contribution in [0.25, 0.3) is 0 Å². The second-order valence-corrected chi connectivity index (χ2v) is 5.77. The van der Waals surface area contributed by atoms with Crippen LogP contribution in [0, 0.1) is 11.3 Å². The fourth-order valence-electron chi connectivity index (χ4n) is 2.76. The molecule has 1 aliphatic carbocycles. The Morgan fingerprint density at radius 3 is 2.92 bits per heavy atom. The number of carbonyl (C=O) groups excluding carboxylic acids is 1. The fourth-order valence-corrected chi connectivity index (χ4v) is 2.76. The molecule has 0 spiro atoms. The van der Waals surface area contributed by atoms with E-state index in [9.17, 15) is 10.1 Å². The Bertz CT molecular complexity index is 701. The monoisotopic (exact) mass is 340 g/mol. The van der Waals surface area contributed by atoms with Crippen LogP contribution in [0.3, 0.4) is 0 Å². The molecular formula is C20H24N2O3. The van der Waals surface area contributed by atoms with E-state index in [0.717, 1.165) is 36.9 Å². The minimum Gasteiger partial charge on any atom is -0.497 e. The fraction of sp³-hybridized carbons (Fsp3) is 0.400. The van der Waals surface area contributed by atoms with Gasteiger partial charge in [0.25, 0.3) is 0 Å². The lowest BCUT2D eigenvalue weighted by Crippen LogP contribution is -2.30. The van der Waals surface area contributed by atoms with E-state index in [-0.39, 0.29) is 6.61 Å². The Labute approximate surface area is 148 Å². The number of nitrogens with zero attached hydrogens (tertiary/aromatic N) is 1. The highest BCUT2D eigenvalue weighted by molar-refractivity contribution is 5.82. The zero-order valence-corrected chi connectivity index (χ0v) is 14.7. The van der Waals surface area contributed by atoms with Crippen LogP contribution in [0.15, 0.2) is 47.6 Å². The number of esters is 1. The Hall–Kier alpha value is -2.74. The van der Waals surface area contributed by atoms with Gasteiger partial charge in [0.05, 0.1) is 25.4 Å². The summed E-state index contributed by atoms with van der Waals surface area (Å²) in [7, 11) is 1.59. The number of benzene rings is 1. The van der Waals surface area contributed by atoms with Crippen molar-refractivity contribution in [2.75, 3.05) is 19.0 Å². The van der Waals surface area contributed by atoms with Crippen molar-refractivity contribution in [2.45, 2.75) is 38.6 Å². The van der Waals surface area contributed by atoms with Gasteiger partial charge in [0, 0.05) is 11.8 Å². The summed E-state index contributed by atoms with van der Waals surface area (Å²) in [6.07, 6.45) is 7.81. The first kappa shape index (κ1) is 18.6. The first-order chi connectivity index (χ1) is 12.2. The van der Waals surface area contributed by atoms with E-state index >= 15 is 0 Å². The Balaban J connectivity index is 2.28. The van der Waals surface area contributed by atoms with Gasteiger partial charge in [0.1, 0.15) is 11.8 Å². The van der Waals surface area contributed by atoms with Crippen molar-refractivity contribution >= 4 is 11.7 Å². The Morgan fingerprint density at radius 1 is 1.44 bits per heavy atom. The van der Waals surface area contributed by atoms with Gasteiger partial charge >= 0.3 is 5.97 Å². The van der Waals surface area contributed by atoms with Crippen LogP contribution in [-0.4, -0.2) is 25.7 Å². The van der Waals surface area contributed by atoms with Gasteiger partial charge in [0.2, 0.25) is 0 Å². The van der Waals surface area contributed by atoms with Crippen LogP contribution in [-0.2, 0) is 9.53 Å². The average molecular weight is 340 g/mol. The lowest BCUT2D eigenvalue weighted by Gasteiger charge is -2.18. The molecule has 1 aromatic carbocycles. The van der Waals surface area contributed by atoms with Gasteiger partial charge < -0.3 is 14.8 Å². The van der Waals surface area contributed by atoms with E-state index in [4.69, 9.17) is 9.47 Å². The quantitative estimate of drug-likeness (QED) is 0.600. The van der Waals surface area contributed by atoms with E-state index < -0.39 is 12.0 Å². The number of hydrogen-bond donors (Lipinski definition) is 1. The number of carbonyl (C=O) groups is 1. The molecule has 0 bridgehead atoms. The SMILES string of the molecule is CCOC(=O)C(C=C(C#N)C1=CCCCC1)Nc1cccc(OC)c1. The molecule has 5 heteroatoms. The molecule has 1 atom stereocenters. The first-order valence-corrected chi connectivity index (χ1v) is 8.56. The van der Waals surface area contributed by atoms with Crippen LogP contribution < -0.4 is 10.1 Å². The van der Waals surface area contributed by atoms with Crippen LogP contribution in [0.4, 0.5) is 5.69 Å². The summed E-state index contributed by atoms with van der Waals surface area (Å²) < 4.78 is 10.4. The molecule has 132 valence electrons. The average Bonchev–Trinajstić information content (AvgIpc) is 2.66. The Kier molecular flexibility index (Phi) is 7.09. The summed E-state index contributed by atoms with van der Waals surface area (Å²) in [6, 6.07) is 8.80. The van der Waals surface area contributed by atoms with Gasteiger partial charge in [-0.05, 0) is 56.4 Å². The number of hydrogen-bond acceptors (Lipinski definition) is 5. The maximum atomic E-state index is 12.3. The van der Waals surface area contributed by atoms with Gasteiger partial charge in [0.15, 0.2) is 0 Å². The van der Waals surface area contributed by atoms with Crippen LogP contribution >= 0.6 is 0 Å². The smallest absolute Gasteiger partial charge is 0.332 e. The third kappa shape index (κ3) is 5.39. The third-order valence-corrected chi connectivity index (χ3v) is 4.02. The highest BCUT2D eigenvalue weighted by Crippen LogP contribution is 2.25. The second-order valence-electron chi connectivity index (χ2n) is 5.77. The summed E-state index contributed by atoms with van der Waals surface area (Å²) in [5.74, 6) is 0.279. The zero-order valence-electron chi connectivity index (χ0n) is 14.7. The minimum atomic E-state index is -0.732. The molecule has 0 aromatic heterocycles. The zero-order chi connectivity index (χ0) is 18.1. The van der Waals surface area contributed by atoms with Crippen LogP contribution in [0.5, 0.6) is 5.75 Å². The number of rotatable bonds is 7. The maximum absolute atomic E-state index is 12.3. The van der Waals surface area contributed by atoms with Gasteiger partial charge in [-0.15, -0.1) is 0 Å². The summed E-state index contributed by atoms with van der Waals surface area (Å²) in [6.45, 7) is 2.05. The summed E-state index contributed by atoms with van der Waals surface area (Å²) in [5, 5.41) is 12.7. The lowest BCUT2D eigenvalue weighted by molar-refractivity contribution is -0.142. The molecule has 0 saturated carbocycles. The van der Waals surface area contributed by atoms with Crippen molar-refractivity contribution < 1.29 is 14.3 Å². The van der Waals surface area contributed by atoms with Crippen molar-refractivity contribution in [2.24, 2.45) is 0 Å². The van der Waals surface area contributed by atoms with Crippen molar-refractivity contribution in [3.05, 3.63) is 47.6 Å². The second kappa shape index (κ2) is 9.53. The number of nitriles is 1. The molecule has 1 unspecified atom stereocenters. The minimum absolute atomic E-state index is 0.285. The van der Waals surface area contributed by atoms with E-state index in [1.54, 1.807) is 26.2 Å². The molecule has 5 nitrogen and oxygen atoms in total. The van der Waals surface area contributed by atoms with Gasteiger partial charge in [-0.25, -0.2) is 4.79 Å². The lowest BCUT2D eigenvalue weighted by atomic mass is 9.93. The van der Waals surface area contributed by atoms with Gasteiger partial charge in [-0.1, -0.05) is 12.1 Å². The van der Waals surface area contributed by atoms with Crippen molar-refractivity contribution in [1.82, 2.24) is 0 Å². The largest absolute Gasteiger partial charge is 0.497 e. The highest BCUT2D eigenvalue weighted by atomic mass is 16.5. The molecule has 0 heterocycles. The molecule has 1 aromatic rings. The molecule has 0 radical (unpaired) electrons. The van der Waals surface area contributed by atoms with Crippen molar-refractivity contribution in [3.8, 4) is 11.8 Å². The Morgan fingerprint density at radius 2 is 2.28 bits per heavy atom. The first-order valence-electron chi connectivity index (χ1n) is 8.56. The number of ether oxygens (including phenoxy) is 2. The normalized spacial score (nSPS) is 15.6. The number of anilines is 1. The maximum Gasteiger partial charge on any atom is 0.332 e. The molecule has 0 fully saturated rings. The molecule has 1 aliphatic rings. The number of nitrogens with one attached hydrogen (secondary N) is 1. The van der Waals surface area contributed by atoms with Gasteiger partial charge in [-0.3, -0.25) is 0 Å². The molecular weight excluding hydrogens is 316 g/mol. The topological polar surface area (TPSA) is 71.4 Å². The molecule has 2 rings (SSSR count).